The van der Waals surface area contributed by atoms with Gasteiger partial charge in [0.15, 0.2) is 16.7 Å². The zero-order valence-electron chi connectivity index (χ0n) is 19.1. The number of hydrogen-bond donors (Lipinski definition) is 0. The third kappa shape index (κ3) is 6.00. The lowest BCUT2D eigenvalue weighted by molar-refractivity contribution is -0.479. The van der Waals surface area contributed by atoms with Gasteiger partial charge in [-0.15, -0.1) is 10.2 Å². The molecule has 3 aromatic rings. The molecule has 0 aliphatic rings. The minimum absolute atomic E-state index is 0.243. The molecule has 0 radical (unpaired) electrons. The Bertz CT molecular complexity index is 1150. The van der Waals surface area contributed by atoms with E-state index in [-0.39, 0.29) is 23.1 Å². The Balaban J connectivity index is 1.98. The molecule has 11 heteroatoms. The summed E-state index contributed by atoms with van der Waals surface area (Å²) in [4.78, 5) is 11.1. The highest BCUT2D eigenvalue weighted by atomic mass is 35.5. The van der Waals surface area contributed by atoms with Gasteiger partial charge in [-0.1, -0.05) is 36.0 Å². The van der Waals surface area contributed by atoms with Crippen LogP contribution in [0.3, 0.4) is 0 Å². The van der Waals surface area contributed by atoms with Crippen LogP contribution in [0.15, 0.2) is 54.2 Å². The average molecular weight is 505 g/mol. The van der Waals surface area contributed by atoms with Crippen molar-refractivity contribution in [3.8, 4) is 22.9 Å². The number of nitro groups is 1. The van der Waals surface area contributed by atoms with Crippen LogP contribution >= 0.6 is 23.4 Å². The maximum absolute atomic E-state index is 11.5. The summed E-state index contributed by atoms with van der Waals surface area (Å²) in [6.07, 6.45) is 1.59. The van der Waals surface area contributed by atoms with Crippen LogP contribution in [0, 0.1) is 17.0 Å². The predicted octanol–water partition coefficient (Wildman–Crippen LogP) is 5.31. The molecule has 1 atom stereocenters. The fourth-order valence-electron chi connectivity index (χ4n) is 3.26. The minimum Gasteiger partial charge on any atom is -0.494 e. The van der Waals surface area contributed by atoms with E-state index in [1.165, 1.54) is 18.9 Å². The van der Waals surface area contributed by atoms with Crippen molar-refractivity contribution in [3.63, 3.8) is 0 Å². The highest BCUT2D eigenvalue weighted by Crippen LogP contribution is 2.43. The first-order valence-corrected chi connectivity index (χ1v) is 11.7. The lowest BCUT2D eigenvalue weighted by atomic mass is 10.1. The van der Waals surface area contributed by atoms with Gasteiger partial charge < -0.3 is 14.2 Å². The van der Waals surface area contributed by atoms with Crippen LogP contribution in [0.25, 0.3) is 5.69 Å². The van der Waals surface area contributed by atoms with Crippen molar-refractivity contribution in [2.24, 2.45) is 0 Å². The molecule has 180 valence electrons. The van der Waals surface area contributed by atoms with Crippen molar-refractivity contribution < 1.29 is 19.1 Å². The SMILES string of the molecule is C=CCOc1c(Cl)cc([C@H](C[N+](=O)[O-])Sc2nnc(C)n2-c2ccc(OCC)cc2)cc1OC. The molecule has 0 N–H and O–H groups in total. The fraction of sp³-hybridized carbons (Fsp3) is 0.304. The predicted molar refractivity (Wildman–Crippen MR) is 131 cm³/mol. The normalized spacial score (nSPS) is 11.6. The van der Waals surface area contributed by atoms with E-state index < -0.39 is 5.25 Å². The summed E-state index contributed by atoms with van der Waals surface area (Å²) in [7, 11) is 1.48. The van der Waals surface area contributed by atoms with Crippen molar-refractivity contribution in [2.75, 3.05) is 26.9 Å². The van der Waals surface area contributed by atoms with Gasteiger partial charge in [0.05, 0.1) is 18.7 Å². The van der Waals surface area contributed by atoms with Crippen LogP contribution < -0.4 is 14.2 Å². The molecule has 0 fully saturated rings. The number of benzene rings is 2. The molecule has 1 heterocycles. The van der Waals surface area contributed by atoms with Gasteiger partial charge in [0, 0.05) is 10.6 Å². The monoisotopic (exact) mass is 504 g/mol. The van der Waals surface area contributed by atoms with Crippen LogP contribution in [0.4, 0.5) is 0 Å². The van der Waals surface area contributed by atoms with E-state index in [1.54, 1.807) is 18.2 Å². The largest absolute Gasteiger partial charge is 0.494 e. The summed E-state index contributed by atoms with van der Waals surface area (Å²) < 4.78 is 18.4. The number of aryl methyl sites for hydroxylation is 1. The Morgan fingerprint density at radius 3 is 2.62 bits per heavy atom. The highest BCUT2D eigenvalue weighted by Gasteiger charge is 2.26. The second-order valence-electron chi connectivity index (χ2n) is 7.05. The minimum atomic E-state index is -0.611. The van der Waals surface area contributed by atoms with E-state index in [1.807, 2.05) is 42.7 Å². The smallest absolute Gasteiger partial charge is 0.220 e. The third-order valence-corrected chi connectivity index (χ3v) is 6.19. The third-order valence-electron chi connectivity index (χ3n) is 4.73. The molecule has 0 aliphatic heterocycles. The molecule has 0 saturated carbocycles. The van der Waals surface area contributed by atoms with Gasteiger partial charge in [-0.3, -0.25) is 14.7 Å². The van der Waals surface area contributed by atoms with Gasteiger partial charge in [0.2, 0.25) is 6.54 Å². The lowest BCUT2D eigenvalue weighted by Gasteiger charge is -2.18. The molecular weight excluding hydrogens is 480 g/mol. The number of aromatic nitrogens is 3. The van der Waals surface area contributed by atoms with Crippen molar-refractivity contribution in [3.05, 3.63) is 75.6 Å². The summed E-state index contributed by atoms with van der Waals surface area (Å²) in [5.74, 6) is 2.13. The average Bonchev–Trinajstić information content (AvgIpc) is 3.17. The number of halogens is 1. The van der Waals surface area contributed by atoms with Gasteiger partial charge in [0.1, 0.15) is 23.4 Å². The first-order chi connectivity index (χ1) is 16.4. The Morgan fingerprint density at radius 1 is 1.26 bits per heavy atom. The topological polar surface area (TPSA) is 102 Å². The van der Waals surface area contributed by atoms with Crippen molar-refractivity contribution in [1.29, 1.82) is 0 Å². The van der Waals surface area contributed by atoms with Gasteiger partial charge in [0.25, 0.3) is 0 Å². The van der Waals surface area contributed by atoms with E-state index in [9.17, 15) is 10.1 Å². The van der Waals surface area contributed by atoms with E-state index in [4.69, 9.17) is 25.8 Å². The van der Waals surface area contributed by atoms with Gasteiger partial charge in [-0.2, -0.15) is 0 Å². The molecule has 3 rings (SSSR count). The fourth-order valence-corrected chi connectivity index (χ4v) is 4.68. The Morgan fingerprint density at radius 2 is 2.00 bits per heavy atom. The maximum atomic E-state index is 11.5. The van der Waals surface area contributed by atoms with Crippen LogP contribution in [0.5, 0.6) is 17.2 Å². The van der Waals surface area contributed by atoms with Crippen molar-refractivity contribution in [2.45, 2.75) is 24.3 Å². The number of nitrogens with zero attached hydrogens (tertiary/aromatic N) is 4. The van der Waals surface area contributed by atoms with E-state index >= 15 is 0 Å². The zero-order valence-corrected chi connectivity index (χ0v) is 20.6. The Labute approximate surface area is 206 Å². The van der Waals surface area contributed by atoms with Gasteiger partial charge in [-0.05, 0) is 55.8 Å². The Hall–Kier alpha value is -3.24. The maximum Gasteiger partial charge on any atom is 0.220 e. The molecule has 0 aliphatic carbocycles. The van der Waals surface area contributed by atoms with Crippen LogP contribution in [-0.4, -0.2) is 46.6 Å². The van der Waals surface area contributed by atoms with Gasteiger partial charge in [-0.25, -0.2) is 0 Å². The van der Waals surface area contributed by atoms with Crippen molar-refractivity contribution >= 4 is 23.4 Å². The molecule has 34 heavy (non-hydrogen) atoms. The first kappa shape index (κ1) is 25.4. The number of methoxy groups -OCH3 is 1. The summed E-state index contributed by atoms with van der Waals surface area (Å²) in [6.45, 7) is 7.82. The molecule has 0 saturated heterocycles. The second-order valence-corrected chi connectivity index (χ2v) is 8.62. The summed E-state index contributed by atoms with van der Waals surface area (Å²) in [6, 6.07) is 10.8. The molecule has 0 unspecified atom stereocenters. The second kappa shape index (κ2) is 11.8. The molecular formula is C23H25ClN4O5S. The van der Waals surface area contributed by atoms with Crippen LogP contribution in [0.1, 0.15) is 23.6 Å². The molecule has 0 spiro atoms. The zero-order chi connectivity index (χ0) is 24.7. The first-order valence-electron chi connectivity index (χ1n) is 10.4. The van der Waals surface area contributed by atoms with E-state index in [0.29, 0.717) is 34.7 Å². The summed E-state index contributed by atoms with van der Waals surface area (Å²) in [5.41, 5.74) is 1.42. The number of rotatable bonds is 12. The summed E-state index contributed by atoms with van der Waals surface area (Å²) >= 11 is 7.66. The van der Waals surface area contributed by atoms with Gasteiger partial charge >= 0.3 is 0 Å². The Kier molecular flexibility index (Phi) is 8.78. The van der Waals surface area contributed by atoms with Crippen LogP contribution in [-0.2, 0) is 0 Å². The molecule has 9 nitrogen and oxygen atoms in total. The molecule has 0 amide bonds. The van der Waals surface area contributed by atoms with Crippen LogP contribution in [0.2, 0.25) is 5.02 Å². The van der Waals surface area contributed by atoms with E-state index in [2.05, 4.69) is 16.8 Å². The summed E-state index contributed by atoms with van der Waals surface area (Å²) in [5, 5.41) is 20.2. The number of thioether (sulfide) groups is 1. The molecule has 0 bridgehead atoms. The molecule has 1 aromatic heterocycles. The highest BCUT2D eigenvalue weighted by molar-refractivity contribution is 7.99. The quantitative estimate of drug-likeness (QED) is 0.141. The number of ether oxygens (including phenoxy) is 3. The lowest BCUT2D eigenvalue weighted by Crippen LogP contribution is -2.12. The van der Waals surface area contributed by atoms with Crippen molar-refractivity contribution in [1.82, 2.24) is 14.8 Å². The number of hydrogen-bond acceptors (Lipinski definition) is 8. The standard InChI is InChI=1S/C23H25ClN4O5S/c1-5-11-33-22-19(24)12-16(13-20(22)31-4)21(14-27(29)30)34-23-26-25-15(3)28(23)17-7-9-18(10-8-17)32-6-2/h5,7-10,12-13,21H,1,6,11,14H2,2-4H3/t21-/m0/s1. The van der Waals surface area contributed by atoms with E-state index in [0.717, 1.165) is 11.4 Å². The molecule has 2 aromatic carbocycles.